The van der Waals surface area contributed by atoms with E-state index in [0.717, 1.165) is 31.4 Å². The molecule has 4 saturated carbocycles. The van der Waals surface area contributed by atoms with E-state index >= 15 is 0 Å². The molecular weight excluding hydrogens is 342 g/mol. The Bertz CT molecular complexity index is 772. The molecule has 4 fully saturated rings. The van der Waals surface area contributed by atoms with Gasteiger partial charge in [0.15, 0.2) is 0 Å². The van der Waals surface area contributed by atoms with E-state index in [1.165, 1.54) is 17.8 Å². The van der Waals surface area contributed by atoms with Gasteiger partial charge in [0, 0.05) is 17.2 Å². The topological polar surface area (TPSA) is 93.4 Å². The Morgan fingerprint density at radius 1 is 1.16 bits per heavy atom. The van der Waals surface area contributed by atoms with E-state index in [2.05, 4.69) is 15.2 Å². The predicted octanol–water partition coefficient (Wildman–Crippen LogP) is 3.99. The maximum absolute atomic E-state index is 12.5. The monoisotopic (exact) mass is 361 g/mol. The van der Waals surface area contributed by atoms with E-state index in [9.17, 15) is 9.90 Å². The minimum atomic E-state index is -1.01. The van der Waals surface area contributed by atoms with Crippen LogP contribution in [0.25, 0.3) is 0 Å². The number of aliphatic hydroxyl groups is 1. The summed E-state index contributed by atoms with van der Waals surface area (Å²) >= 11 is 1.31. The summed E-state index contributed by atoms with van der Waals surface area (Å²) in [6.07, 6.45) is 5.29. The van der Waals surface area contributed by atoms with Gasteiger partial charge in [-0.25, -0.2) is 9.78 Å². The molecule has 2 heterocycles. The first kappa shape index (κ1) is 15.3. The molecule has 1 spiro atoms. The van der Waals surface area contributed by atoms with Gasteiger partial charge in [0.25, 0.3) is 11.5 Å². The number of esters is 1. The number of aromatic nitrogens is 1. The zero-order valence-corrected chi connectivity index (χ0v) is 14.7. The van der Waals surface area contributed by atoms with E-state index in [1.807, 2.05) is 12.3 Å². The molecule has 8 heteroatoms. The highest BCUT2D eigenvalue weighted by Gasteiger charge is 2.64. The third-order valence-electron chi connectivity index (χ3n) is 6.02. The molecule has 5 aliphatic rings. The molecule has 1 aromatic heterocycles. The lowest BCUT2D eigenvalue weighted by Crippen LogP contribution is -2.62. The van der Waals surface area contributed by atoms with Gasteiger partial charge in [-0.3, -0.25) is 0 Å². The van der Waals surface area contributed by atoms with Gasteiger partial charge in [0.1, 0.15) is 0 Å². The quantitative estimate of drug-likeness (QED) is 0.635. The van der Waals surface area contributed by atoms with Gasteiger partial charge in [-0.15, -0.1) is 21.6 Å². The van der Waals surface area contributed by atoms with E-state index < -0.39 is 17.7 Å². The first-order chi connectivity index (χ1) is 12.0. The third kappa shape index (κ3) is 2.30. The van der Waals surface area contributed by atoms with Gasteiger partial charge in [-0.2, -0.15) is 0 Å². The van der Waals surface area contributed by atoms with Crippen LogP contribution in [-0.2, 0) is 14.3 Å². The number of azo groups is 1. The van der Waals surface area contributed by atoms with Crippen LogP contribution in [-0.4, -0.2) is 21.8 Å². The molecule has 1 aromatic rings. The van der Waals surface area contributed by atoms with Crippen LogP contribution in [0.15, 0.2) is 27.3 Å². The Balaban J connectivity index is 1.44. The van der Waals surface area contributed by atoms with Gasteiger partial charge < -0.3 is 14.6 Å². The van der Waals surface area contributed by atoms with Crippen molar-refractivity contribution in [2.75, 3.05) is 0 Å². The summed E-state index contributed by atoms with van der Waals surface area (Å²) < 4.78 is 11.6. The van der Waals surface area contributed by atoms with Gasteiger partial charge in [-0.1, -0.05) is 0 Å². The van der Waals surface area contributed by atoms with E-state index in [1.54, 1.807) is 0 Å². The van der Waals surface area contributed by atoms with Crippen molar-refractivity contribution >= 4 is 22.4 Å². The molecule has 1 N–H and O–H groups in total. The van der Waals surface area contributed by atoms with Crippen LogP contribution in [0.3, 0.4) is 0 Å². The smallest absolute Gasteiger partial charge is 0.369 e. The molecule has 0 saturated heterocycles. The Morgan fingerprint density at radius 2 is 1.84 bits per heavy atom. The molecule has 4 aliphatic carbocycles. The Morgan fingerprint density at radius 3 is 2.40 bits per heavy atom. The molecule has 6 rings (SSSR count). The van der Waals surface area contributed by atoms with Crippen molar-refractivity contribution in [3.63, 3.8) is 0 Å². The van der Waals surface area contributed by atoms with Crippen LogP contribution in [0.1, 0.15) is 37.8 Å². The number of aryl methyl sites for hydroxylation is 1. The molecule has 1 aliphatic heterocycles. The van der Waals surface area contributed by atoms with Crippen molar-refractivity contribution in [3.8, 4) is 0 Å². The zero-order chi connectivity index (χ0) is 17.2. The van der Waals surface area contributed by atoms with Crippen molar-refractivity contribution in [1.29, 1.82) is 0 Å². The summed E-state index contributed by atoms with van der Waals surface area (Å²) in [6.45, 7) is 1.85. The molecule has 0 amide bonds. The van der Waals surface area contributed by atoms with Gasteiger partial charge in [-0.05, 0) is 50.9 Å². The number of thiazole rings is 1. The van der Waals surface area contributed by atoms with Crippen molar-refractivity contribution in [2.24, 2.45) is 33.9 Å². The summed E-state index contributed by atoms with van der Waals surface area (Å²) in [6, 6.07) is 0. The van der Waals surface area contributed by atoms with E-state index in [4.69, 9.17) is 9.47 Å². The molecule has 0 radical (unpaired) electrons. The van der Waals surface area contributed by atoms with Crippen molar-refractivity contribution < 1.29 is 19.4 Å². The lowest BCUT2D eigenvalue weighted by Gasteiger charge is -2.59. The van der Waals surface area contributed by atoms with E-state index in [0.29, 0.717) is 17.0 Å². The van der Waals surface area contributed by atoms with Gasteiger partial charge in [0.05, 0.1) is 5.69 Å². The highest BCUT2D eigenvalue weighted by Crippen LogP contribution is 2.61. The molecule has 0 unspecified atom stereocenters. The fourth-order valence-electron chi connectivity index (χ4n) is 5.24. The molecule has 0 atom stereocenters. The standard InChI is InChI=1S/C17H19N3O4S/c1-8-7-25-16(18-8)20-19-13-14(21)23-17(24-15(13)22)11-3-9-2-10(5-11)6-12(17)4-9/h7,9-12,21H,2-6H2,1H3. The number of nitrogens with zero attached hydrogens (tertiary/aromatic N) is 3. The fraction of sp³-hybridized carbons (Fsp3) is 0.647. The zero-order valence-electron chi connectivity index (χ0n) is 13.8. The number of carbonyl (C=O) groups is 1. The number of hydrogen-bond acceptors (Lipinski definition) is 8. The van der Waals surface area contributed by atoms with Crippen molar-refractivity contribution in [1.82, 2.24) is 4.98 Å². The number of ether oxygens (including phenoxy) is 2. The SMILES string of the molecule is Cc1csc(N=NC2=C(O)OC3(OC2=O)C2CC4CC(C2)CC3C4)n1. The Hall–Kier alpha value is -1.96. The third-order valence-corrected chi connectivity index (χ3v) is 6.87. The lowest BCUT2D eigenvalue weighted by atomic mass is 9.53. The Labute approximate surface area is 148 Å². The van der Waals surface area contributed by atoms with Gasteiger partial charge >= 0.3 is 11.9 Å². The maximum Gasteiger partial charge on any atom is 0.369 e. The second-order valence-corrected chi connectivity index (χ2v) is 8.48. The number of carbonyl (C=O) groups excluding carboxylic acids is 1. The number of rotatable bonds is 2. The average Bonchev–Trinajstić information content (AvgIpc) is 2.97. The first-order valence-corrected chi connectivity index (χ1v) is 9.61. The summed E-state index contributed by atoms with van der Waals surface area (Å²) in [5.74, 6) is -0.406. The summed E-state index contributed by atoms with van der Waals surface area (Å²) in [4.78, 5) is 16.7. The maximum atomic E-state index is 12.5. The second kappa shape index (κ2) is 5.27. The molecule has 4 bridgehead atoms. The largest absolute Gasteiger partial charge is 0.479 e. The molecule has 0 aromatic carbocycles. The number of hydrogen-bond donors (Lipinski definition) is 1. The van der Waals surface area contributed by atoms with Crippen molar-refractivity contribution in [3.05, 3.63) is 22.7 Å². The van der Waals surface area contributed by atoms with Crippen LogP contribution in [0.4, 0.5) is 5.13 Å². The van der Waals surface area contributed by atoms with Gasteiger partial charge in [0.2, 0.25) is 5.13 Å². The van der Waals surface area contributed by atoms with Crippen LogP contribution in [0.5, 0.6) is 0 Å². The van der Waals surface area contributed by atoms with Crippen LogP contribution in [0, 0.1) is 30.6 Å². The minimum Gasteiger partial charge on any atom is -0.479 e. The Kier molecular flexibility index (Phi) is 3.22. The van der Waals surface area contributed by atoms with Crippen LogP contribution in [0.2, 0.25) is 0 Å². The van der Waals surface area contributed by atoms with E-state index in [-0.39, 0.29) is 17.5 Å². The second-order valence-electron chi connectivity index (χ2n) is 7.64. The molecule has 25 heavy (non-hydrogen) atoms. The predicted molar refractivity (Wildman–Crippen MR) is 88.0 cm³/mol. The number of aliphatic hydroxyl groups excluding tert-OH is 1. The highest BCUT2D eigenvalue weighted by molar-refractivity contribution is 7.13. The lowest BCUT2D eigenvalue weighted by molar-refractivity contribution is -0.325. The van der Waals surface area contributed by atoms with Crippen LogP contribution >= 0.6 is 11.3 Å². The highest BCUT2D eigenvalue weighted by atomic mass is 32.1. The summed E-state index contributed by atoms with van der Waals surface area (Å²) in [7, 11) is 0. The minimum absolute atomic E-state index is 0.162. The first-order valence-electron chi connectivity index (χ1n) is 8.73. The van der Waals surface area contributed by atoms with Crippen molar-refractivity contribution in [2.45, 2.75) is 44.8 Å². The molecule has 132 valence electrons. The average molecular weight is 361 g/mol. The summed E-state index contributed by atoms with van der Waals surface area (Å²) in [5.41, 5.74) is 0.541. The van der Waals surface area contributed by atoms with Crippen LogP contribution < -0.4 is 0 Å². The summed E-state index contributed by atoms with van der Waals surface area (Å²) in [5, 5.41) is 20.3. The fourth-order valence-corrected chi connectivity index (χ4v) is 5.85. The molecular formula is C17H19N3O4S. The molecule has 7 nitrogen and oxygen atoms in total. The normalized spacial score (nSPS) is 39.3.